The molecule has 13 heavy (non-hydrogen) atoms. The van der Waals surface area contributed by atoms with Gasteiger partial charge in [0, 0.05) is 6.54 Å². The van der Waals surface area contributed by atoms with Crippen LogP contribution in [0.4, 0.5) is 0 Å². The van der Waals surface area contributed by atoms with Gasteiger partial charge in [0.05, 0.1) is 6.04 Å². The molecule has 0 fully saturated rings. The van der Waals surface area contributed by atoms with Gasteiger partial charge in [-0.15, -0.1) is 0 Å². The first kappa shape index (κ1) is 12.4. The summed E-state index contributed by atoms with van der Waals surface area (Å²) in [5, 5.41) is 5.97. The van der Waals surface area contributed by atoms with E-state index in [2.05, 4.69) is 24.5 Å². The standard InChI is InChI=1S/C10H22N2O/c1-5-11-9(4)10(13)12-7-6-8(2)3/h8-9,11H,5-7H2,1-4H3,(H,12,13). The molecule has 0 rings (SSSR count). The summed E-state index contributed by atoms with van der Waals surface area (Å²) >= 11 is 0. The van der Waals surface area contributed by atoms with Gasteiger partial charge in [-0.2, -0.15) is 0 Å². The van der Waals surface area contributed by atoms with Crippen LogP contribution in [0.2, 0.25) is 0 Å². The Morgan fingerprint density at radius 2 is 1.92 bits per heavy atom. The molecule has 0 aliphatic heterocycles. The van der Waals surface area contributed by atoms with E-state index in [-0.39, 0.29) is 11.9 Å². The molecular formula is C10H22N2O. The molecule has 2 N–H and O–H groups in total. The van der Waals surface area contributed by atoms with Gasteiger partial charge in [-0.25, -0.2) is 0 Å². The number of carbonyl (C=O) groups excluding carboxylic acids is 1. The van der Waals surface area contributed by atoms with Gasteiger partial charge in [-0.1, -0.05) is 20.8 Å². The predicted molar refractivity (Wildman–Crippen MR) is 55.6 cm³/mol. The summed E-state index contributed by atoms with van der Waals surface area (Å²) in [6.07, 6.45) is 1.05. The zero-order valence-electron chi connectivity index (χ0n) is 9.18. The SMILES string of the molecule is CCNC(C)C(=O)NCCC(C)C. The molecule has 78 valence electrons. The smallest absolute Gasteiger partial charge is 0.236 e. The van der Waals surface area contributed by atoms with Gasteiger partial charge in [0.25, 0.3) is 0 Å². The number of likely N-dealkylation sites (N-methyl/N-ethyl adjacent to an activating group) is 1. The number of hydrogen-bond donors (Lipinski definition) is 2. The van der Waals surface area contributed by atoms with Crippen molar-refractivity contribution in [1.29, 1.82) is 0 Å². The average molecular weight is 186 g/mol. The second kappa shape index (κ2) is 6.89. The van der Waals surface area contributed by atoms with Crippen LogP contribution in [-0.2, 0) is 4.79 Å². The lowest BCUT2D eigenvalue weighted by molar-refractivity contribution is -0.122. The molecule has 3 heteroatoms. The fraction of sp³-hybridized carbons (Fsp3) is 0.900. The molecule has 1 unspecified atom stereocenters. The highest BCUT2D eigenvalue weighted by Crippen LogP contribution is 1.96. The first-order chi connectivity index (χ1) is 6.07. The van der Waals surface area contributed by atoms with E-state index in [9.17, 15) is 4.79 Å². The highest BCUT2D eigenvalue weighted by atomic mass is 16.2. The van der Waals surface area contributed by atoms with E-state index in [4.69, 9.17) is 0 Å². The molecule has 0 saturated heterocycles. The second-order valence-electron chi connectivity index (χ2n) is 3.75. The maximum absolute atomic E-state index is 11.3. The monoisotopic (exact) mass is 186 g/mol. The minimum absolute atomic E-state index is 0.0721. The third-order valence-corrected chi connectivity index (χ3v) is 1.92. The highest BCUT2D eigenvalue weighted by molar-refractivity contribution is 5.81. The minimum Gasteiger partial charge on any atom is -0.355 e. The number of carbonyl (C=O) groups is 1. The Labute approximate surface area is 81.3 Å². The maximum Gasteiger partial charge on any atom is 0.236 e. The zero-order chi connectivity index (χ0) is 10.3. The second-order valence-corrected chi connectivity index (χ2v) is 3.75. The Kier molecular flexibility index (Phi) is 6.59. The average Bonchev–Trinajstić information content (AvgIpc) is 2.04. The van der Waals surface area contributed by atoms with Crippen LogP contribution in [0.25, 0.3) is 0 Å². The molecule has 1 amide bonds. The Morgan fingerprint density at radius 1 is 1.31 bits per heavy atom. The van der Waals surface area contributed by atoms with Crippen LogP contribution in [0.1, 0.15) is 34.1 Å². The summed E-state index contributed by atoms with van der Waals surface area (Å²) in [4.78, 5) is 11.3. The zero-order valence-corrected chi connectivity index (χ0v) is 9.18. The van der Waals surface area contributed by atoms with Crippen molar-refractivity contribution in [2.45, 2.75) is 40.2 Å². The molecule has 0 bridgehead atoms. The number of rotatable bonds is 6. The summed E-state index contributed by atoms with van der Waals surface area (Å²) in [5.74, 6) is 0.747. The predicted octanol–water partition coefficient (Wildman–Crippen LogP) is 1.15. The van der Waals surface area contributed by atoms with Crippen LogP contribution < -0.4 is 10.6 Å². The highest BCUT2D eigenvalue weighted by Gasteiger charge is 2.09. The van der Waals surface area contributed by atoms with Crippen LogP contribution in [0.5, 0.6) is 0 Å². The summed E-state index contributed by atoms with van der Waals surface area (Å²) in [7, 11) is 0. The van der Waals surface area contributed by atoms with E-state index in [1.807, 2.05) is 13.8 Å². The molecule has 3 nitrogen and oxygen atoms in total. The van der Waals surface area contributed by atoms with Crippen LogP contribution in [0.3, 0.4) is 0 Å². The van der Waals surface area contributed by atoms with E-state index in [1.165, 1.54) is 0 Å². The molecular weight excluding hydrogens is 164 g/mol. The summed E-state index contributed by atoms with van der Waals surface area (Å²) in [6, 6.07) is -0.0721. The molecule has 0 spiro atoms. The fourth-order valence-corrected chi connectivity index (χ4v) is 1.04. The maximum atomic E-state index is 11.3. The van der Waals surface area contributed by atoms with Crippen molar-refractivity contribution < 1.29 is 4.79 Å². The quantitative estimate of drug-likeness (QED) is 0.653. The van der Waals surface area contributed by atoms with E-state index in [1.54, 1.807) is 0 Å². The van der Waals surface area contributed by atoms with Gasteiger partial charge in [0.2, 0.25) is 5.91 Å². The van der Waals surface area contributed by atoms with Gasteiger partial charge in [-0.05, 0) is 25.8 Å². The van der Waals surface area contributed by atoms with Gasteiger partial charge < -0.3 is 10.6 Å². The lowest BCUT2D eigenvalue weighted by atomic mass is 10.1. The van der Waals surface area contributed by atoms with Crippen molar-refractivity contribution in [3.05, 3.63) is 0 Å². The first-order valence-electron chi connectivity index (χ1n) is 5.09. The van der Waals surface area contributed by atoms with E-state index < -0.39 is 0 Å². The number of hydrogen-bond acceptors (Lipinski definition) is 2. The van der Waals surface area contributed by atoms with Crippen LogP contribution in [0, 0.1) is 5.92 Å². The lowest BCUT2D eigenvalue weighted by Gasteiger charge is -2.13. The molecule has 0 aliphatic rings. The van der Waals surface area contributed by atoms with Crippen LogP contribution in [-0.4, -0.2) is 25.0 Å². The molecule has 0 aromatic rings. The number of amides is 1. The molecule has 1 atom stereocenters. The largest absolute Gasteiger partial charge is 0.355 e. The molecule has 0 aromatic carbocycles. The molecule has 0 radical (unpaired) electrons. The lowest BCUT2D eigenvalue weighted by Crippen LogP contribution is -2.42. The Morgan fingerprint density at radius 3 is 2.38 bits per heavy atom. The Bertz CT molecular complexity index is 146. The summed E-state index contributed by atoms with van der Waals surface area (Å²) in [6.45, 7) is 9.80. The van der Waals surface area contributed by atoms with Gasteiger partial charge >= 0.3 is 0 Å². The van der Waals surface area contributed by atoms with Crippen molar-refractivity contribution in [1.82, 2.24) is 10.6 Å². The molecule has 0 heterocycles. The van der Waals surface area contributed by atoms with Crippen LogP contribution >= 0.6 is 0 Å². The van der Waals surface area contributed by atoms with Crippen molar-refractivity contribution in [3.63, 3.8) is 0 Å². The fourth-order valence-electron chi connectivity index (χ4n) is 1.04. The Hall–Kier alpha value is -0.570. The molecule has 0 aromatic heterocycles. The Balaban J connectivity index is 3.50. The van der Waals surface area contributed by atoms with Crippen molar-refractivity contribution in [2.24, 2.45) is 5.92 Å². The minimum atomic E-state index is -0.0721. The number of nitrogens with one attached hydrogen (secondary N) is 2. The van der Waals surface area contributed by atoms with Gasteiger partial charge in [0.1, 0.15) is 0 Å². The molecule has 0 saturated carbocycles. The van der Waals surface area contributed by atoms with Gasteiger partial charge in [-0.3, -0.25) is 4.79 Å². The normalized spacial score (nSPS) is 13.0. The summed E-state index contributed by atoms with van der Waals surface area (Å²) < 4.78 is 0. The van der Waals surface area contributed by atoms with E-state index >= 15 is 0 Å². The third kappa shape index (κ3) is 6.58. The van der Waals surface area contributed by atoms with E-state index in [0.717, 1.165) is 19.5 Å². The van der Waals surface area contributed by atoms with Crippen LogP contribution in [0.15, 0.2) is 0 Å². The topological polar surface area (TPSA) is 41.1 Å². The van der Waals surface area contributed by atoms with Crippen molar-refractivity contribution in [3.8, 4) is 0 Å². The van der Waals surface area contributed by atoms with Crippen molar-refractivity contribution in [2.75, 3.05) is 13.1 Å². The van der Waals surface area contributed by atoms with E-state index in [0.29, 0.717) is 5.92 Å². The molecule has 0 aliphatic carbocycles. The van der Waals surface area contributed by atoms with Gasteiger partial charge in [0.15, 0.2) is 0 Å². The van der Waals surface area contributed by atoms with Crippen molar-refractivity contribution >= 4 is 5.91 Å². The first-order valence-corrected chi connectivity index (χ1v) is 5.09. The third-order valence-electron chi connectivity index (χ3n) is 1.92. The summed E-state index contributed by atoms with van der Waals surface area (Å²) in [5.41, 5.74) is 0.